The second-order valence-electron chi connectivity index (χ2n) is 5.98. The van der Waals surface area contributed by atoms with Gasteiger partial charge in [0.2, 0.25) is 0 Å². The van der Waals surface area contributed by atoms with Gasteiger partial charge in [-0.05, 0) is 67.3 Å². The molecule has 5 heteroatoms. The minimum absolute atomic E-state index is 0.265. The molecule has 20 heavy (non-hydrogen) atoms. The standard InChI is InChI=1S/C15H33N3O2/c1-7-18(11-9-10-17(5)6)13(3)12-15(4,16)14(19)20-8-2/h13H,7-12,16H2,1-6H3. The van der Waals surface area contributed by atoms with Crippen LogP contribution in [0.15, 0.2) is 0 Å². The fourth-order valence-corrected chi connectivity index (χ4v) is 2.40. The van der Waals surface area contributed by atoms with Crippen molar-refractivity contribution in [2.24, 2.45) is 5.73 Å². The lowest BCUT2D eigenvalue weighted by Gasteiger charge is -2.33. The van der Waals surface area contributed by atoms with Gasteiger partial charge in [-0.2, -0.15) is 0 Å². The van der Waals surface area contributed by atoms with Crippen LogP contribution in [0.2, 0.25) is 0 Å². The zero-order valence-electron chi connectivity index (χ0n) is 14.1. The summed E-state index contributed by atoms with van der Waals surface area (Å²) in [4.78, 5) is 16.4. The number of esters is 1. The van der Waals surface area contributed by atoms with Crippen LogP contribution < -0.4 is 5.73 Å². The van der Waals surface area contributed by atoms with Gasteiger partial charge in [0.15, 0.2) is 0 Å². The van der Waals surface area contributed by atoms with Gasteiger partial charge in [0.05, 0.1) is 6.61 Å². The van der Waals surface area contributed by atoms with Crippen molar-refractivity contribution in [1.82, 2.24) is 9.80 Å². The third kappa shape index (κ3) is 7.22. The van der Waals surface area contributed by atoms with Crippen LogP contribution in [0.3, 0.4) is 0 Å². The second-order valence-corrected chi connectivity index (χ2v) is 5.98. The van der Waals surface area contributed by atoms with Gasteiger partial charge < -0.3 is 20.3 Å². The molecule has 0 aliphatic carbocycles. The van der Waals surface area contributed by atoms with E-state index in [1.165, 1.54) is 0 Å². The fraction of sp³-hybridized carbons (Fsp3) is 0.933. The number of hydrogen-bond acceptors (Lipinski definition) is 5. The Morgan fingerprint density at radius 1 is 1.30 bits per heavy atom. The van der Waals surface area contributed by atoms with Crippen molar-refractivity contribution in [3.8, 4) is 0 Å². The van der Waals surface area contributed by atoms with Crippen molar-refractivity contribution >= 4 is 5.97 Å². The first-order valence-electron chi connectivity index (χ1n) is 7.59. The number of carbonyl (C=O) groups is 1. The van der Waals surface area contributed by atoms with Crippen molar-refractivity contribution < 1.29 is 9.53 Å². The molecule has 5 nitrogen and oxygen atoms in total. The Balaban J connectivity index is 4.38. The van der Waals surface area contributed by atoms with Gasteiger partial charge in [-0.25, -0.2) is 0 Å². The van der Waals surface area contributed by atoms with Gasteiger partial charge in [-0.15, -0.1) is 0 Å². The smallest absolute Gasteiger partial charge is 0.325 e. The molecule has 0 aromatic carbocycles. The maximum Gasteiger partial charge on any atom is 0.325 e. The van der Waals surface area contributed by atoms with E-state index in [1.807, 2.05) is 0 Å². The van der Waals surface area contributed by atoms with Gasteiger partial charge in [0.1, 0.15) is 5.54 Å². The maximum atomic E-state index is 11.8. The molecule has 0 radical (unpaired) electrons. The predicted molar refractivity (Wildman–Crippen MR) is 83.7 cm³/mol. The molecule has 2 unspecified atom stereocenters. The lowest BCUT2D eigenvalue weighted by atomic mass is 9.94. The molecule has 2 atom stereocenters. The Kier molecular flexibility index (Phi) is 9.01. The van der Waals surface area contributed by atoms with E-state index in [0.717, 1.165) is 26.1 Å². The molecule has 0 saturated carbocycles. The van der Waals surface area contributed by atoms with Crippen LogP contribution >= 0.6 is 0 Å². The second kappa shape index (κ2) is 9.32. The Morgan fingerprint density at radius 3 is 2.35 bits per heavy atom. The SMILES string of the molecule is CCOC(=O)C(C)(N)CC(C)N(CC)CCCN(C)C. The Hall–Kier alpha value is -0.650. The molecule has 0 amide bonds. The van der Waals surface area contributed by atoms with E-state index in [1.54, 1.807) is 13.8 Å². The monoisotopic (exact) mass is 287 g/mol. The fourth-order valence-electron chi connectivity index (χ4n) is 2.40. The highest BCUT2D eigenvalue weighted by molar-refractivity contribution is 5.80. The Bertz CT molecular complexity index is 280. The van der Waals surface area contributed by atoms with Crippen LogP contribution in [0, 0.1) is 0 Å². The molecule has 0 rings (SSSR count). The van der Waals surface area contributed by atoms with Gasteiger partial charge in [-0.3, -0.25) is 4.79 Å². The molecule has 2 N–H and O–H groups in total. The summed E-state index contributed by atoms with van der Waals surface area (Å²) in [5.74, 6) is -0.309. The molecule has 0 aromatic heterocycles. The molecular formula is C15H33N3O2. The number of hydrogen-bond donors (Lipinski definition) is 1. The summed E-state index contributed by atoms with van der Waals surface area (Å²) in [7, 11) is 4.16. The highest BCUT2D eigenvalue weighted by atomic mass is 16.5. The maximum absolute atomic E-state index is 11.8. The molecular weight excluding hydrogens is 254 g/mol. The lowest BCUT2D eigenvalue weighted by Crippen LogP contribution is -2.51. The normalized spacial score (nSPS) is 16.2. The van der Waals surface area contributed by atoms with Gasteiger partial charge in [0.25, 0.3) is 0 Å². The molecule has 0 aliphatic rings. The average molecular weight is 287 g/mol. The zero-order valence-corrected chi connectivity index (χ0v) is 14.1. The van der Waals surface area contributed by atoms with Crippen molar-refractivity contribution in [3.05, 3.63) is 0 Å². The molecule has 0 aromatic rings. The molecule has 120 valence electrons. The summed E-state index contributed by atoms with van der Waals surface area (Å²) in [6.07, 6.45) is 1.73. The first-order chi connectivity index (χ1) is 9.24. The summed E-state index contributed by atoms with van der Waals surface area (Å²) in [5, 5.41) is 0. The van der Waals surface area contributed by atoms with E-state index in [2.05, 4.69) is 37.7 Å². The Morgan fingerprint density at radius 2 is 1.90 bits per heavy atom. The summed E-state index contributed by atoms with van der Waals surface area (Å²) in [5.41, 5.74) is 5.19. The van der Waals surface area contributed by atoms with Crippen LogP contribution in [0.5, 0.6) is 0 Å². The van der Waals surface area contributed by atoms with E-state index in [-0.39, 0.29) is 12.0 Å². The van der Waals surface area contributed by atoms with E-state index in [4.69, 9.17) is 10.5 Å². The van der Waals surface area contributed by atoms with E-state index < -0.39 is 5.54 Å². The van der Waals surface area contributed by atoms with Gasteiger partial charge in [-0.1, -0.05) is 6.92 Å². The number of nitrogens with two attached hydrogens (primary N) is 1. The van der Waals surface area contributed by atoms with Gasteiger partial charge >= 0.3 is 5.97 Å². The van der Waals surface area contributed by atoms with E-state index in [9.17, 15) is 4.79 Å². The highest BCUT2D eigenvalue weighted by Crippen LogP contribution is 2.16. The van der Waals surface area contributed by atoms with Crippen LogP contribution in [0.4, 0.5) is 0 Å². The van der Waals surface area contributed by atoms with Crippen LogP contribution in [-0.4, -0.2) is 67.7 Å². The summed E-state index contributed by atoms with van der Waals surface area (Å²) < 4.78 is 5.04. The third-order valence-corrected chi connectivity index (χ3v) is 3.54. The summed E-state index contributed by atoms with van der Waals surface area (Å²) in [6.45, 7) is 11.3. The first-order valence-corrected chi connectivity index (χ1v) is 7.59. The summed E-state index contributed by atoms with van der Waals surface area (Å²) in [6, 6.07) is 0.265. The third-order valence-electron chi connectivity index (χ3n) is 3.54. The quantitative estimate of drug-likeness (QED) is 0.614. The highest BCUT2D eigenvalue weighted by Gasteiger charge is 2.33. The van der Waals surface area contributed by atoms with Gasteiger partial charge in [0, 0.05) is 6.04 Å². The minimum Gasteiger partial charge on any atom is -0.465 e. The average Bonchev–Trinajstić information content (AvgIpc) is 2.33. The number of rotatable bonds is 10. The van der Waals surface area contributed by atoms with Crippen LogP contribution in [0.25, 0.3) is 0 Å². The van der Waals surface area contributed by atoms with Crippen molar-refractivity contribution in [2.75, 3.05) is 40.3 Å². The molecule has 0 heterocycles. The van der Waals surface area contributed by atoms with Crippen molar-refractivity contribution in [1.29, 1.82) is 0 Å². The molecule has 0 spiro atoms. The van der Waals surface area contributed by atoms with Crippen molar-refractivity contribution in [3.63, 3.8) is 0 Å². The van der Waals surface area contributed by atoms with Crippen LogP contribution in [-0.2, 0) is 9.53 Å². The number of carbonyl (C=O) groups excluding carboxylic acids is 1. The predicted octanol–water partition coefficient (Wildman–Crippen LogP) is 1.32. The first kappa shape index (κ1) is 19.4. The lowest BCUT2D eigenvalue weighted by molar-refractivity contribution is -0.149. The molecule has 0 fully saturated rings. The van der Waals surface area contributed by atoms with Crippen LogP contribution in [0.1, 0.15) is 40.5 Å². The zero-order chi connectivity index (χ0) is 15.8. The van der Waals surface area contributed by atoms with E-state index in [0.29, 0.717) is 13.0 Å². The topological polar surface area (TPSA) is 58.8 Å². The number of ether oxygens (including phenoxy) is 1. The molecule has 0 aliphatic heterocycles. The summed E-state index contributed by atoms with van der Waals surface area (Å²) >= 11 is 0. The minimum atomic E-state index is -0.912. The molecule has 0 bridgehead atoms. The Labute approximate surface area is 124 Å². The molecule has 0 saturated heterocycles. The largest absolute Gasteiger partial charge is 0.465 e. The number of nitrogens with zero attached hydrogens (tertiary/aromatic N) is 2. The van der Waals surface area contributed by atoms with Crippen molar-refractivity contribution in [2.45, 2.75) is 52.1 Å². The van der Waals surface area contributed by atoms with E-state index >= 15 is 0 Å².